The fourth-order valence-corrected chi connectivity index (χ4v) is 6.10. The van der Waals surface area contributed by atoms with Gasteiger partial charge in [0, 0.05) is 44.5 Å². The Morgan fingerprint density at radius 3 is 2.45 bits per heavy atom. The first-order chi connectivity index (χ1) is 16.1. The smallest absolute Gasteiger partial charge is 0.264 e. The van der Waals surface area contributed by atoms with E-state index in [1.165, 1.54) is 23.4 Å². The maximum absolute atomic E-state index is 13.4. The topological polar surface area (TPSA) is 61.8 Å². The van der Waals surface area contributed by atoms with Crippen molar-refractivity contribution in [2.24, 2.45) is 0 Å². The van der Waals surface area contributed by atoms with E-state index in [2.05, 4.69) is 45.7 Å². The third kappa shape index (κ3) is 4.12. The van der Waals surface area contributed by atoms with Gasteiger partial charge in [-0.3, -0.25) is 4.79 Å². The molecule has 8 heteroatoms. The number of thiophene rings is 1. The highest BCUT2D eigenvalue weighted by atomic mass is 32.1. The number of hydrogen-bond acceptors (Lipinski definition) is 7. The van der Waals surface area contributed by atoms with Gasteiger partial charge in [0.25, 0.3) is 5.91 Å². The van der Waals surface area contributed by atoms with Gasteiger partial charge in [0.15, 0.2) is 0 Å². The summed E-state index contributed by atoms with van der Waals surface area (Å²) in [5.41, 5.74) is 2.23. The highest BCUT2D eigenvalue weighted by Crippen LogP contribution is 2.37. The molecule has 2 aliphatic rings. The van der Waals surface area contributed by atoms with Gasteiger partial charge in [0.05, 0.1) is 17.4 Å². The molecule has 3 aromatic rings. The van der Waals surface area contributed by atoms with Crippen LogP contribution >= 0.6 is 11.3 Å². The molecule has 4 heterocycles. The summed E-state index contributed by atoms with van der Waals surface area (Å²) in [4.78, 5) is 31.1. The molecule has 1 aromatic carbocycles. The molecule has 174 valence electrons. The number of rotatable bonds is 4. The minimum absolute atomic E-state index is 0.151. The standard InChI is InChI=1S/C25H31N5O2S/c1-17-6-4-5-11-30(17)25(31)22-18(2)21-23(26-16-27-24(21)33-22)29-14-12-28(13-15-29)19-7-9-20(32-3)10-8-19/h7-10,16-17H,4-6,11-15H2,1-3H3. The van der Waals surface area contributed by atoms with Gasteiger partial charge in [0.1, 0.15) is 22.7 Å². The Morgan fingerprint density at radius 1 is 1.03 bits per heavy atom. The lowest BCUT2D eigenvalue weighted by Gasteiger charge is -2.37. The first-order valence-electron chi connectivity index (χ1n) is 11.8. The van der Waals surface area contributed by atoms with E-state index in [9.17, 15) is 4.79 Å². The molecular weight excluding hydrogens is 434 g/mol. The van der Waals surface area contributed by atoms with Gasteiger partial charge in [-0.15, -0.1) is 11.3 Å². The Bertz CT molecular complexity index is 1140. The van der Waals surface area contributed by atoms with Crippen LogP contribution in [0.25, 0.3) is 10.2 Å². The van der Waals surface area contributed by atoms with Gasteiger partial charge in [-0.25, -0.2) is 9.97 Å². The molecule has 7 nitrogen and oxygen atoms in total. The molecule has 1 atom stereocenters. The van der Waals surface area contributed by atoms with Crippen LogP contribution in [0.5, 0.6) is 5.75 Å². The number of aromatic nitrogens is 2. The quantitative estimate of drug-likeness (QED) is 0.571. The Labute approximate surface area is 199 Å². The van der Waals surface area contributed by atoms with Crippen LogP contribution in [0.3, 0.4) is 0 Å². The number of methoxy groups -OCH3 is 1. The summed E-state index contributed by atoms with van der Waals surface area (Å²) in [6.45, 7) is 8.64. The molecular formula is C25H31N5O2S. The molecule has 0 saturated carbocycles. The predicted molar refractivity (Wildman–Crippen MR) is 134 cm³/mol. The van der Waals surface area contributed by atoms with Crippen LogP contribution in [0, 0.1) is 6.92 Å². The third-order valence-corrected chi connectivity index (χ3v) is 8.17. The first kappa shape index (κ1) is 21.9. The Morgan fingerprint density at radius 2 is 1.76 bits per heavy atom. The van der Waals surface area contributed by atoms with Crippen LogP contribution in [0.4, 0.5) is 11.5 Å². The monoisotopic (exact) mass is 465 g/mol. The Balaban J connectivity index is 1.37. The van der Waals surface area contributed by atoms with Crippen molar-refractivity contribution >= 4 is 39.0 Å². The highest BCUT2D eigenvalue weighted by molar-refractivity contribution is 7.20. The minimum Gasteiger partial charge on any atom is -0.497 e. The van der Waals surface area contributed by atoms with E-state index in [0.717, 1.165) is 77.8 Å². The van der Waals surface area contributed by atoms with Gasteiger partial charge in [-0.05, 0) is 62.9 Å². The van der Waals surface area contributed by atoms with E-state index in [1.807, 2.05) is 17.0 Å². The lowest BCUT2D eigenvalue weighted by molar-refractivity contribution is 0.0640. The molecule has 0 N–H and O–H groups in total. The van der Waals surface area contributed by atoms with Gasteiger partial charge >= 0.3 is 0 Å². The fourth-order valence-electron chi connectivity index (χ4n) is 5.00. The summed E-state index contributed by atoms with van der Waals surface area (Å²) in [6, 6.07) is 8.53. The van der Waals surface area contributed by atoms with E-state index in [4.69, 9.17) is 4.74 Å². The van der Waals surface area contributed by atoms with Gasteiger partial charge in [-0.1, -0.05) is 0 Å². The number of piperidine rings is 1. The van der Waals surface area contributed by atoms with E-state index >= 15 is 0 Å². The average Bonchev–Trinajstić information content (AvgIpc) is 3.21. The number of carbonyl (C=O) groups excluding carboxylic acids is 1. The van der Waals surface area contributed by atoms with Crippen molar-refractivity contribution < 1.29 is 9.53 Å². The number of amides is 1. The lowest BCUT2D eigenvalue weighted by Crippen LogP contribution is -2.47. The minimum atomic E-state index is 0.151. The molecule has 2 aromatic heterocycles. The molecule has 0 spiro atoms. The number of piperazine rings is 1. The van der Waals surface area contributed by atoms with Crippen molar-refractivity contribution in [1.29, 1.82) is 0 Å². The van der Waals surface area contributed by atoms with Crippen molar-refractivity contribution in [2.45, 2.75) is 39.2 Å². The van der Waals surface area contributed by atoms with E-state index in [-0.39, 0.29) is 5.91 Å². The van der Waals surface area contributed by atoms with E-state index < -0.39 is 0 Å². The summed E-state index contributed by atoms with van der Waals surface area (Å²) < 4.78 is 5.28. The van der Waals surface area contributed by atoms with Gasteiger partial charge in [-0.2, -0.15) is 0 Å². The second kappa shape index (κ2) is 9.17. The molecule has 2 fully saturated rings. The summed E-state index contributed by atoms with van der Waals surface area (Å²) in [7, 11) is 1.69. The van der Waals surface area contributed by atoms with Crippen LogP contribution in [0.2, 0.25) is 0 Å². The maximum Gasteiger partial charge on any atom is 0.264 e. The SMILES string of the molecule is COc1ccc(N2CCN(c3ncnc4sc(C(=O)N5CCCCC5C)c(C)c34)CC2)cc1. The number of likely N-dealkylation sites (tertiary alicyclic amines) is 1. The van der Waals surface area contributed by atoms with Crippen LogP contribution < -0.4 is 14.5 Å². The second-order valence-corrected chi connectivity index (χ2v) is 9.95. The van der Waals surface area contributed by atoms with Crippen molar-refractivity contribution in [3.05, 3.63) is 41.0 Å². The predicted octanol–water partition coefficient (Wildman–Crippen LogP) is 4.35. The normalized spacial score (nSPS) is 19.2. The van der Waals surface area contributed by atoms with Gasteiger partial charge < -0.3 is 19.4 Å². The van der Waals surface area contributed by atoms with Crippen molar-refractivity contribution in [1.82, 2.24) is 14.9 Å². The number of benzene rings is 1. The van der Waals surface area contributed by atoms with Crippen molar-refractivity contribution in [3.63, 3.8) is 0 Å². The molecule has 0 bridgehead atoms. The Kier molecular flexibility index (Phi) is 6.10. The molecule has 1 amide bonds. The average molecular weight is 466 g/mol. The maximum atomic E-state index is 13.4. The molecule has 2 saturated heterocycles. The van der Waals surface area contributed by atoms with E-state index in [0.29, 0.717) is 6.04 Å². The van der Waals surface area contributed by atoms with Crippen molar-refractivity contribution in [2.75, 3.05) is 49.6 Å². The number of aryl methyl sites for hydroxylation is 1. The number of hydrogen-bond donors (Lipinski definition) is 0. The second-order valence-electron chi connectivity index (χ2n) is 8.95. The number of carbonyl (C=O) groups is 1. The highest BCUT2D eigenvalue weighted by Gasteiger charge is 2.29. The number of anilines is 2. The van der Waals surface area contributed by atoms with Gasteiger partial charge in [0.2, 0.25) is 0 Å². The zero-order valence-electron chi connectivity index (χ0n) is 19.6. The molecule has 1 unspecified atom stereocenters. The molecule has 33 heavy (non-hydrogen) atoms. The summed E-state index contributed by atoms with van der Waals surface area (Å²) in [6.07, 6.45) is 5.01. The molecule has 0 aliphatic carbocycles. The number of fused-ring (bicyclic) bond motifs is 1. The Hall–Kier alpha value is -2.87. The van der Waals surface area contributed by atoms with Crippen LogP contribution in [0.1, 0.15) is 41.4 Å². The van der Waals surface area contributed by atoms with Crippen LogP contribution in [-0.4, -0.2) is 66.7 Å². The number of ether oxygens (including phenoxy) is 1. The van der Waals surface area contributed by atoms with Crippen LogP contribution in [-0.2, 0) is 0 Å². The molecule has 5 rings (SSSR count). The van der Waals surface area contributed by atoms with E-state index in [1.54, 1.807) is 13.4 Å². The fraction of sp³-hybridized carbons (Fsp3) is 0.480. The summed E-state index contributed by atoms with van der Waals surface area (Å²) in [5.74, 6) is 1.98. The van der Waals surface area contributed by atoms with Crippen molar-refractivity contribution in [3.8, 4) is 5.75 Å². The lowest BCUT2D eigenvalue weighted by atomic mass is 10.0. The largest absolute Gasteiger partial charge is 0.497 e. The molecule has 2 aliphatic heterocycles. The summed E-state index contributed by atoms with van der Waals surface area (Å²) >= 11 is 1.52. The first-order valence-corrected chi connectivity index (χ1v) is 12.6. The zero-order valence-corrected chi connectivity index (χ0v) is 20.4. The number of nitrogens with zero attached hydrogens (tertiary/aromatic N) is 5. The molecule has 0 radical (unpaired) electrons. The summed E-state index contributed by atoms with van der Waals surface area (Å²) in [5, 5.41) is 1.04. The van der Waals surface area contributed by atoms with Crippen LogP contribution in [0.15, 0.2) is 30.6 Å². The zero-order chi connectivity index (χ0) is 22.9. The third-order valence-electron chi connectivity index (χ3n) is 6.98.